The summed E-state index contributed by atoms with van der Waals surface area (Å²) in [7, 11) is 4.39. The van der Waals surface area contributed by atoms with Crippen molar-refractivity contribution in [3.8, 4) is 0 Å². The van der Waals surface area contributed by atoms with Gasteiger partial charge in [0.1, 0.15) is 0 Å². The van der Waals surface area contributed by atoms with Crippen molar-refractivity contribution in [2.75, 3.05) is 7.05 Å². The van der Waals surface area contributed by atoms with Gasteiger partial charge in [-0.15, -0.1) is 0 Å². The van der Waals surface area contributed by atoms with Crippen LogP contribution in [0.5, 0.6) is 0 Å². The third-order valence-electron chi connectivity index (χ3n) is 3.40. The minimum atomic E-state index is 0.486. The van der Waals surface area contributed by atoms with Gasteiger partial charge in [-0.05, 0) is 32.7 Å². The van der Waals surface area contributed by atoms with E-state index in [4.69, 9.17) is 0 Å². The zero-order valence-corrected chi connectivity index (χ0v) is 7.65. The molecule has 2 atom stereocenters. The SMILES string of the molecule is BN(C)[C@@]1(C)CCCC1C. The number of rotatable bonds is 1. The standard InChI is InChI=1S/C8H18BN/c1-7-5-4-6-8(7,2)10(3)9/h7H,4-6,9H2,1-3H3/t7?,8-/m0/s1. The van der Waals surface area contributed by atoms with E-state index in [0.29, 0.717) is 5.54 Å². The van der Waals surface area contributed by atoms with Crippen molar-refractivity contribution in [2.45, 2.75) is 38.6 Å². The molecule has 0 aliphatic heterocycles. The van der Waals surface area contributed by atoms with Crippen molar-refractivity contribution in [3.63, 3.8) is 0 Å². The highest BCUT2D eigenvalue weighted by molar-refractivity contribution is 6.04. The molecule has 0 aromatic carbocycles. The third-order valence-corrected chi connectivity index (χ3v) is 3.40. The molecule has 1 nitrogen and oxygen atoms in total. The zero-order chi connectivity index (χ0) is 7.78. The molecule has 1 unspecified atom stereocenters. The Labute approximate surface area is 65.2 Å². The second kappa shape index (κ2) is 2.57. The molecular formula is C8H18BN. The first-order valence-electron chi connectivity index (χ1n) is 4.25. The topological polar surface area (TPSA) is 3.24 Å². The fraction of sp³-hybridized carbons (Fsp3) is 1.00. The number of hydrogen-bond donors (Lipinski definition) is 0. The lowest BCUT2D eigenvalue weighted by Gasteiger charge is -2.37. The Morgan fingerprint density at radius 1 is 1.60 bits per heavy atom. The normalized spacial score (nSPS) is 41.0. The minimum Gasteiger partial charge on any atom is -0.346 e. The number of hydrogen-bond acceptors (Lipinski definition) is 1. The van der Waals surface area contributed by atoms with Crippen LogP contribution in [0.2, 0.25) is 0 Å². The Balaban J connectivity index is 2.66. The van der Waals surface area contributed by atoms with Crippen LogP contribution >= 0.6 is 0 Å². The van der Waals surface area contributed by atoms with Gasteiger partial charge >= 0.3 is 0 Å². The lowest BCUT2D eigenvalue weighted by Crippen LogP contribution is -2.44. The van der Waals surface area contributed by atoms with Crippen LogP contribution in [0.1, 0.15) is 33.1 Å². The summed E-state index contributed by atoms with van der Waals surface area (Å²) in [4.78, 5) is 2.38. The Bertz CT molecular complexity index is 124. The molecular weight excluding hydrogens is 121 g/mol. The van der Waals surface area contributed by atoms with E-state index in [1.165, 1.54) is 19.3 Å². The van der Waals surface area contributed by atoms with E-state index in [2.05, 4.69) is 33.7 Å². The molecule has 0 aromatic rings. The van der Waals surface area contributed by atoms with Gasteiger partial charge in [-0.25, -0.2) is 0 Å². The molecule has 58 valence electrons. The molecule has 0 amide bonds. The predicted molar refractivity (Wildman–Crippen MR) is 47.7 cm³/mol. The average Bonchev–Trinajstić information content (AvgIpc) is 2.15. The highest BCUT2D eigenvalue weighted by Gasteiger charge is 2.36. The highest BCUT2D eigenvalue weighted by Crippen LogP contribution is 2.37. The molecule has 1 aliphatic carbocycles. The summed E-state index contributed by atoms with van der Waals surface area (Å²) in [6, 6.07) is 0. The molecule has 0 bridgehead atoms. The summed E-state index contributed by atoms with van der Waals surface area (Å²) >= 11 is 0. The molecule has 10 heavy (non-hydrogen) atoms. The third kappa shape index (κ3) is 1.09. The predicted octanol–water partition coefficient (Wildman–Crippen LogP) is 1.04. The van der Waals surface area contributed by atoms with Gasteiger partial charge in [0.05, 0.1) is 0 Å². The highest BCUT2D eigenvalue weighted by atomic mass is 15.1. The van der Waals surface area contributed by atoms with E-state index in [0.717, 1.165) is 5.92 Å². The van der Waals surface area contributed by atoms with Crippen molar-refractivity contribution in [3.05, 3.63) is 0 Å². The molecule has 0 aromatic heterocycles. The van der Waals surface area contributed by atoms with Crippen molar-refractivity contribution in [1.29, 1.82) is 0 Å². The van der Waals surface area contributed by atoms with Gasteiger partial charge in [-0.3, -0.25) is 0 Å². The van der Waals surface area contributed by atoms with Gasteiger partial charge < -0.3 is 4.81 Å². The van der Waals surface area contributed by atoms with E-state index < -0.39 is 0 Å². The van der Waals surface area contributed by atoms with Crippen LogP contribution in [0, 0.1) is 5.92 Å². The zero-order valence-electron chi connectivity index (χ0n) is 7.65. The summed E-state index contributed by atoms with van der Waals surface area (Å²) < 4.78 is 0. The first-order valence-corrected chi connectivity index (χ1v) is 4.25. The minimum absolute atomic E-state index is 0.486. The fourth-order valence-corrected chi connectivity index (χ4v) is 1.99. The van der Waals surface area contributed by atoms with Crippen LogP contribution in [-0.2, 0) is 0 Å². The molecule has 1 saturated carbocycles. The van der Waals surface area contributed by atoms with E-state index in [1.807, 2.05) is 0 Å². The average molecular weight is 139 g/mol. The van der Waals surface area contributed by atoms with Crippen LogP contribution < -0.4 is 0 Å². The first kappa shape index (κ1) is 8.12. The smallest absolute Gasteiger partial charge is 0.185 e. The maximum atomic E-state index is 2.38. The van der Waals surface area contributed by atoms with Crippen molar-refractivity contribution in [1.82, 2.24) is 4.81 Å². The molecule has 0 N–H and O–H groups in total. The van der Waals surface area contributed by atoms with Gasteiger partial charge in [-0.1, -0.05) is 13.3 Å². The van der Waals surface area contributed by atoms with E-state index >= 15 is 0 Å². The first-order chi connectivity index (χ1) is 4.57. The Hall–Kier alpha value is 0.0249. The molecule has 0 spiro atoms. The van der Waals surface area contributed by atoms with Crippen LogP contribution in [0.15, 0.2) is 0 Å². The summed E-state index contributed by atoms with van der Waals surface area (Å²) in [6.07, 6.45) is 4.20. The van der Waals surface area contributed by atoms with Gasteiger partial charge in [0.25, 0.3) is 0 Å². The molecule has 1 fully saturated rings. The molecule has 1 aliphatic rings. The second-order valence-corrected chi connectivity index (χ2v) is 4.04. The summed E-state index contributed by atoms with van der Waals surface area (Å²) in [6.45, 7) is 4.75. The van der Waals surface area contributed by atoms with Crippen molar-refractivity contribution in [2.24, 2.45) is 5.92 Å². The van der Waals surface area contributed by atoms with Crippen molar-refractivity contribution >= 4 is 7.98 Å². The molecule has 0 radical (unpaired) electrons. The van der Waals surface area contributed by atoms with Gasteiger partial charge in [0, 0.05) is 5.54 Å². The van der Waals surface area contributed by atoms with E-state index in [-0.39, 0.29) is 0 Å². The maximum absolute atomic E-state index is 2.38. The van der Waals surface area contributed by atoms with Crippen molar-refractivity contribution < 1.29 is 0 Å². The number of nitrogens with zero attached hydrogens (tertiary/aromatic N) is 1. The lowest BCUT2D eigenvalue weighted by atomic mass is 9.87. The Morgan fingerprint density at radius 2 is 2.20 bits per heavy atom. The summed E-state index contributed by atoms with van der Waals surface area (Å²) in [5.41, 5.74) is 0.486. The Morgan fingerprint density at radius 3 is 2.40 bits per heavy atom. The molecule has 2 heteroatoms. The molecule has 1 rings (SSSR count). The van der Waals surface area contributed by atoms with E-state index in [9.17, 15) is 0 Å². The van der Waals surface area contributed by atoms with Crippen LogP contribution in [-0.4, -0.2) is 25.4 Å². The molecule has 0 heterocycles. The van der Waals surface area contributed by atoms with E-state index in [1.54, 1.807) is 0 Å². The van der Waals surface area contributed by atoms with Gasteiger partial charge in [0.2, 0.25) is 0 Å². The largest absolute Gasteiger partial charge is 0.346 e. The Kier molecular flexibility index (Phi) is 2.09. The second-order valence-electron chi connectivity index (χ2n) is 4.04. The van der Waals surface area contributed by atoms with Gasteiger partial charge in [0.15, 0.2) is 7.98 Å². The summed E-state index contributed by atoms with van der Waals surface area (Å²) in [5.74, 6) is 0.877. The monoisotopic (exact) mass is 139 g/mol. The van der Waals surface area contributed by atoms with Crippen LogP contribution in [0.3, 0.4) is 0 Å². The molecule has 0 saturated heterocycles. The lowest BCUT2D eigenvalue weighted by molar-refractivity contribution is 0.196. The van der Waals surface area contributed by atoms with Crippen LogP contribution in [0.4, 0.5) is 0 Å². The quantitative estimate of drug-likeness (QED) is 0.490. The van der Waals surface area contributed by atoms with Crippen LogP contribution in [0.25, 0.3) is 0 Å². The summed E-state index contributed by atoms with van der Waals surface area (Å²) in [5, 5.41) is 0. The van der Waals surface area contributed by atoms with Gasteiger partial charge in [-0.2, -0.15) is 0 Å². The fourth-order valence-electron chi connectivity index (χ4n) is 1.99. The maximum Gasteiger partial charge on any atom is 0.185 e.